The number of nitrogens with zero attached hydrogens (tertiary/aromatic N) is 5. The Morgan fingerprint density at radius 1 is 0.971 bits per heavy atom. The van der Waals surface area contributed by atoms with Gasteiger partial charge in [0.15, 0.2) is 5.76 Å². The van der Waals surface area contributed by atoms with Crippen LogP contribution in [0, 0.1) is 5.82 Å². The molecule has 1 aliphatic rings. The molecule has 0 radical (unpaired) electrons. The highest BCUT2D eigenvalue weighted by atomic mass is 32.1. The van der Waals surface area contributed by atoms with E-state index in [1.165, 1.54) is 33.5 Å². The molecule has 2 aromatic carbocycles. The lowest BCUT2D eigenvalue weighted by atomic mass is 10.0. The van der Waals surface area contributed by atoms with Crippen LogP contribution in [-0.4, -0.2) is 55.7 Å². The summed E-state index contributed by atoms with van der Waals surface area (Å²) in [7, 11) is 0. The largest absolute Gasteiger partial charge is 0.492 e. The zero-order valence-electron chi connectivity index (χ0n) is 18.9. The van der Waals surface area contributed by atoms with Crippen molar-refractivity contribution in [2.45, 2.75) is 12.6 Å². The molecule has 0 bridgehead atoms. The molecule has 3 aromatic heterocycles. The van der Waals surface area contributed by atoms with Crippen LogP contribution in [0.5, 0.6) is 5.88 Å². The molecule has 0 saturated carbocycles. The Kier molecular flexibility index (Phi) is 5.81. The minimum atomic E-state index is -0.282. The van der Waals surface area contributed by atoms with E-state index >= 15 is 0 Å². The average Bonchev–Trinajstić information content (AvgIpc) is 3.61. The molecule has 6 rings (SSSR count). The van der Waals surface area contributed by atoms with Gasteiger partial charge < -0.3 is 9.52 Å². The Morgan fingerprint density at radius 3 is 2.43 bits per heavy atom. The van der Waals surface area contributed by atoms with Crippen LogP contribution >= 0.6 is 11.3 Å². The van der Waals surface area contributed by atoms with Gasteiger partial charge in [-0.3, -0.25) is 9.80 Å². The molecule has 5 aromatic rings. The van der Waals surface area contributed by atoms with Crippen molar-refractivity contribution >= 4 is 16.3 Å². The van der Waals surface area contributed by atoms with Crippen molar-refractivity contribution in [3.05, 3.63) is 94.8 Å². The quantitative estimate of drug-likeness (QED) is 0.369. The van der Waals surface area contributed by atoms with Crippen LogP contribution in [0.3, 0.4) is 0 Å². The number of benzene rings is 2. The van der Waals surface area contributed by atoms with Crippen LogP contribution < -0.4 is 0 Å². The predicted octanol–water partition coefficient (Wildman–Crippen LogP) is 4.80. The molecule has 1 saturated heterocycles. The predicted molar refractivity (Wildman–Crippen MR) is 132 cm³/mol. The van der Waals surface area contributed by atoms with E-state index in [2.05, 4.69) is 44.1 Å². The molecule has 35 heavy (non-hydrogen) atoms. The highest BCUT2D eigenvalue weighted by molar-refractivity contribution is 7.17. The molecule has 1 fully saturated rings. The van der Waals surface area contributed by atoms with Crippen LogP contribution in [0.2, 0.25) is 0 Å². The van der Waals surface area contributed by atoms with Crippen molar-refractivity contribution in [3.63, 3.8) is 0 Å². The van der Waals surface area contributed by atoms with Gasteiger partial charge in [0.25, 0.3) is 0 Å². The summed E-state index contributed by atoms with van der Waals surface area (Å²) in [6, 6.07) is 20.3. The Bertz CT molecular complexity index is 1410. The van der Waals surface area contributed by atoms with E-state index in [4.69, 9.17) is 4.42 Å². The van der Waals surface area contributed by atoms with Crippen LogP contribution in [0.1, 0.15) is 22.0 Å². The summed E-state index contributed by atoms with van der Waals surface area (Å²) in [5, 5.41) is 15.6. The summed E-state index contributed by atoms with van der Waals surface area (Å²) in [6.07, 6.45) is 1.57. The number of halogens is 1. The summed E-state index contributed by atoms with van der Waals surface area (Å²) in [5.41, 5.74) is 2.22. The minimum absolute atomic E-state index is 0.0522. The van der Waals surface area contributed by atoms with Gasteiger partial charge in [0, 0.05) is 32.7 Å². The fourth-order valence-electron chi connectivity index (χ4n) is 4.63. The molecule has 178 valence electrons. The second-order valence-electron chi connectivity index (χ2n) is 8.65. The number of hydrogen-bond donors (Lipinski definition) is 1. The van der Waals surface area contributed by atoms with E-state index in [1.54, 1.807) is 30.5 Å². The second-order valence-corrected chi connectivity index (χ2v) is 9.66. The van der Waals surface area contributed by atoms with Gasteiger partial charge in [0.05, 0.1) is 17.2 Å². The van der Waals surface area contributed by atoms with Crippen LogP contribution in [-0.2, 0) is 6.54 Å². The van der Waals surface area contributed by atoms with E-state index in [9.17, 15) is 9.50 Å². The molecular weight excluding hydrogens is 465 g/mol. The Hall–Kier alpha value is -3.53. The normalized spacial score (nSPS) is 16.1. The first kappa shape index (κ1) is 22.0. The van der Waals surface area contributed by atoms with E-state index in [1.807, 2.05) is 6.07 Å². The minimum Gasteiger partial charge on any atom is -0.492 e. The molecule has 1 N–H and O–H groups in total. The summed E-state index contributed by atoms with van der Waals surface area (Å²) in [6.45, 7) is 4.35. The topological polar surface area (TPSA) is 70.0 Å². The summed E-state index contributed by atoms with van der Waals surface area (Å²) >= 11 is 1.39. The van der Waals surface area contributed by atoms with Gasteiger partial charge in [0.2, 0.25) is 16.7 Å². The van der Waals surface area contributed by atoms with Crippen LogP contribution in [0.25, 0.3) is 16.5 Å². The SMILES string of the molecule is Oc1c([C@H](c2ccc(F)cc2)N2CCN(Cc3ccccc3)CC2)sc2nc(-c3ccco3)nn12. The monoisotopic (exact) mass is 489 g/mol. The number of rotatable bonds is 6. The maximum Gasteiger partial charge on any atom is 0.230 e. The molecule has 1 aliphatic heterocycles. The molecular formula is C26H24FN5O2S. The van der Waals surface area contributed by atoms with Gasteiger partial charge in [-0.2, -0.15) is 9.50 Å². The lowest BCUT2D eigenvalue weighted by molar-refractivity contribution is 0.105. The molecule has 4 heterocycles. The lowest BCUT2D eigenvalue weighted by Gasteiger charge is -2.39. The van der Waals surface area contributed by atoms with Gasteiger partial charge in [-0.05, 0) is 35.4 Å². The highest BCUT2D eigenvalue weighted by Crippen LogP contribution is 2.41. The van der Waals surface area contributed by atoms with Crippen molar-refractivity contribution in [3.8, 4) is 17.5 Å². The second kappa shape index (κ2) is 9.26. The number of fused-ring (bicyclic) bond motifs is 1. The fraction of sp³-hybridized carbons (Fsp3) is 0.231. The Morgan fingerprint density at radius 2 is 1.74 bits per heavy atom. The van der Waals surface area contributed by atoms with Crippen molar-refractivity contribution in [1.82, 2.24) is 24.4 Å². The Balaban J connectivity index is 1.29. The molecule has 7 nitrogen and oxygen atoms in total. The van der Waals surface area contributed by atoms with E-state index in [0.717, 1.165) is 43.2 Å². The molecule has 0 aliphatic carbocycles. The Labute approximate surface area is 205 Å². The zero-order chi connectivity index (χ0) is 23.8. The third kappa shape index (κ3) is 4.34. The van der Waals surface area contributed by atoms with Crippen molar-refractivity contribution in [2.75, 3.05) is 26.2 Å². The van der Waals surface area contributed by atoms with Gasteiger partial charge >= 0.3 is 0 Å². The number of aromatic nitrogens is 3. The van der Waals surface area contributed by atoms with Gasteiger partial charge in [-0.1, -0.05) is 53.8 Å². The first-order valence-electron chi connectivity index (χ1n) is 11.5. The molecule has 9 heteroatoms. The standard InChI is InChI=1S/C26H24FN5O2S/c27-20-10-8-19(9-11-20)22(31-14-12-30(13-15-31)17-18-5-2-1-3-6-18)23-25(33)32-26(35-23)28-24(29-32)21-7-4-16-34-21/h1-11,16,22,33H,12-15,17H2/t22-/m0/s1. The van der Waals surface area contributed by atoms with E-state index < -0.39 is 0 Å². The lowest BCUT2D eigenvalue weighted by Crippen LogP contribution is -2.47. The fourth-order valence-corrected chi connectivity index (χ4v) is 5.75. The van der Waals surface area contributed by atoms with E-state index in [-0.39, 0.29) is 17.7 Å². The average molecular weight is 490 g/mol. The van der Waals surface area contributed by atoms with Crippen molar-refractivity contribution in [1.29, 1.82) is 0 Å². The summed E-state index contributed by atoms with van der Waals surface area (Å²) in [4.78, 5) is 10.7. The molecule has 0 unspecified atom stereocenters. The first-order chi connectivity index (χ1) is 17.2. The van der Waals surface area contributed by atoms with Gasteiger partial charge in [-0.25, -0.2) is 4.39 Å². The van der Waals surface area contributed by atoms with E-state index in [0.29, 0.717) is 16.5 Å². The number of aromatic hydroxyl groups is 1. The smallest absolute Gasteiger partial charge is 0.230 e. The summed E-state index contributed by atoms with van der Waals surface area (Å²) < 4.78 is 20.6. The maximum atomic E-state index is 13.7. The number of thiazole rings is 1. The summed E-state index contributed by atoms with van der Waals surface area (Å²) in [5.74, 6) is 0.744. The van der Waals surface area contributed by atoms with Crippen molar-refractivity contribution in [2.24, 2.45) is 0 Å². The van der Waals surface area contributed by atoms with Gasteiger partial charge in [-0.15, -0.1) is 5.10 Å². The molecule has 0 spiro atoms. The third-order valence-electron chi connectivity index (χ3n) is 6.40. The number of piperazine rings is 1. The van der Waals surface area contributed by atoms with Crippen LogP contribution in [0.4, 0.5) is 4.39 Å². The van der Waals surface area contributed by atoms with Crippen LogP contribution in [0.15, 0.2) is 77.4 Å². The zero-order valence-corrected chi connectivity index (χ0v) is 19.7. The van der Waals surface area contributed by atoms with Gasteiger partial charge in [0.1, 0.15) is 5.82 Å². The van der Waals surface area contributed by atoms with Crippen molar-refractivity contribution < 1.29 is 13.9 Å². The third-order valence-corrected chi connectivity index (χ3v) is 7.47. The number of hydrogen-bond acceptors (Lipinski definition) is 7. The molecule has 0 amide bonds. The highest BCUT2D eigenvalue weighted by Gasteiger charge is 2.32. The first-order valence-corrected chi connectivity index (χ1v) is 12.4. The number of furan rings is 1. The maximum absolute atomic E-state index is 13.7. The molecule has 1 atom stereocenters.